The van der Waals surface area contributed by atoms with E-state index in [-0.39, 0.29) is 0 Å². The van der Waals surface area contributed by atoms with Crippen LogP contribution in [0.3, 0.4) is 0 Å². The maximum Gasteiger partial charge on any atom is 0.128 e. The van der Waals surface area contributed by atoms with E-state index in [1.807, 2.05) is 31.0 Å². The Bertz CT molecular complexity index is 665. The minimum Gasteiger partial charge on any atom is -0.496 e. The highest BCUT2D eigenvalue weighted by molar-refractivity contribution is 5.41. The number of methoxy groups -OCH3 is 1. The number of aromatic nitrogens is 3. The van der Waals surface area contributed by atoms with E-state index < -0.39 is 0 Å². The molecule has 0 radical (unpaired) electrons. The summed E-state index contributed by atoms with van der Waals surface area (Å²) >= 11 is 0. The largest absolute Gasteiger partial charge is 0.496 e. The third-order valence-electron chi connectivity index (χ3n) is 4.58. The molecule has 0 bridgehead atoms. The van der Waals surface area contributed by atoms with Gasteiger partial charge in [-0.3, -0.25) is 14.6 Å². The lowest BCUT2D eigenvalue weighted by atomic mass is 10.1. The summed E-state index contributed by atoms with van der Waals surface area (Å²) in [4.78, 5) is 7.14. The van der Waals surface area contributed by atoms with Gasteiger partial charge in [0.15, 0.2) is 0 Å². The van der Waals surface area contributed by atoms with Gasteiger partial charge in [0.25, 0.3) is 0 Å². The summed E-state index contributed by atoms with van der Waals surface area (Å²) in [5.41, 5.74) is 4.66. The van der Waals surface area contributed by atoms with E-state index in [9.17, 15) is 0 Å². The molecule has 3 rings (SSSR count). The first kappa shape index (κ1) is 15.0. The Balaban J connectivity index is 1.83. The van der Waals surface area contributed by atoms with E-state index in [4.69, 9.17) is 4.74 Å². The number of pyridine rings is 1. The van der Waals surface area contributed by atoms with Gasteiger partial charge >= 0.3 is 0 Å². The average molecular weight is 300 g/mol. The van der Waals surface area contributed by atoms with Gasteiger partial charge in [0.1, 0.15) is 5.75 Å². The monoisotopic (exact) mass is 300 g/mol. The third-order valence-corrected chi connectivity index (χ3v) is 4.58. The summed E-state index contributed by atoms with van der Waals surface area (Å²) in [6, 6.07) is 0.446. The van der Waals surface area contributed by atoms with Gasteiger partial charge < -0.3 is 4.74 Å². The maximum atomic E-state index is 5.52. The first-order valence-electron chi connectivity index (χ1n) is 7.81. The van der Waals surface area contributed by atoms with Crippen molar-refractivity contribution in [3.8, 4) is 5.75 Å². The fourth-order valence-electron chi connectivity index (χ4n) is 3.43. The first-order valence-corrected chi connectivity index (χ1v) is 7.81. The van der Waals surface area contributed by atoms with Crippen LogP contribution in [-0.2, 0) is 13.6 Å². The van der Waals surface area contributed by atoms with Crippen LogP contribution in [0.1, 0.15) is 41.3 Å². The minimum atomic E-state index is 0.446. The Morgan fingerprint density at radius 1 is 1.32 bits per heavy atom. The van der Waals surface area contributed by atoms with Crippen LogP contribution >= 0.6 is 0 Å². The van der Waals surface area contributed by atoms with Crippen LogP contribution in [0.4, 0.5) is 0 Å². The van der Waals surface area contributed by atoms with Crippen LogP contribution < -0.4 is 4.74 Å². The van der Waals surface area contributed by atoms with Crippen molar-refractivity contribution in [2.45, 2.75) is 39.3 Å². The summed E-state index contributed by atoms with van der Waals surface area (Å²) in [5, 5.41) is 4.31. The minimum absolute atomic E-state index is 0.446. The summed E-state index contributed by atoms with van der Waals surface area (Å²) in [6.07, 6.45) is 8.43. The van der Waals surface area contributed by atoms with Gasteiger partial charge in [0.2, 0.25) is 0 Å². The normalized spacial score (nSPS) is 18.8. The van der Waals surface area contributed by atoms with Crippen molar-refractivity contribution in [1.29, 1.82) is 0 Å². The Morgan fingerprint density at radius 3 is 2.82 bits per heavy atom. The predicted molar refractivity (Wildman–Crippen MR) is 85.9 cm³/mol. The van der Waals surface area contributed by atoms with Gasteiger partial charge in [-0.05, 0) is 33.2 Å². The Hall–Kier alpha value is -1.88. The molecule has 1 unspecified atom stereocenters. The second-order valence-electron chi connectivity index (χ2n) is 6.12. The lowest BCUT2D eigenvalue weighted by Crippen LogP contribution is -2.23. The molecule has 5 heteroatoms. The van der Waals surface area contributed by atoms with Crippen LogP contribution in [0.25, 0.3) is 0 Å². The molecule has 5 nitrogen and oxygen atoms in total. The Kier molecular flexibility index (Phi) is 4.16. The molecule has 1 fully saturated rings. The molecule has 1 atom stereocenters. The van der Waals surface area contributed by atoms with Gasteiger partial charge in [-0.1, -0.05) is 0 Å². The van der Waals surface area contributed by atoms with Crippen LogP contribution in [0.2, 0.25) is 0 Å². The van der Waals surface area contributed by atoms with Crippen molar-refractivity contribution in [1.82, 2.24) is 19.7 Å². The molecule has 1 aliphatic rings. The number of rotatable bonds is 4. The lowest BCUT2D eigenvalue weighted by molar-refractivity contribution is 0.244. The zero-order chi connectivity index (χ0) is 15.7. The molecular formula is C17H24N4O. The Morgan fingerprint density at radius 2 is 2.14 bits per heavy atom. The van der Waals surface area contributed by atoms with Crippen LogP contribution in [0, 0.1) is 13.8 Å². The van der Waals surface area contributed by atoms with Gasteiger partial charge in [-0.25, -0.2) is 0 Å². The molecule has 1 aliphatic heterocycles. The molecule has 2 aromatic rings. The zero-order valence-corrected chi connectivity index (χ0v) is 13.8. The second-order valence-corrected chi connectivity index (χ2v) is 6.12. The number of hydrogen-bond acceptors (Lipinski definition) is 4. The third kappa shape index (κ3) is 2.73. The first-order chi connectivity index (χ1) is 10.6. The molecular weight excluding hydrogens is 276 g/mol. The second kappa shape index (κ2) is 6.08. The van der Waals surface area contributed by atoms with Gasteiger partial charge in [-0.15, -0.1) is 0 Å². The van der Waals surface area contributed by atoms with E-state index in [0.29, 0.717) is 6.04 Å². The number of hydrogen-bond donors (Lipinski definition) is 0. The molecule has 0 amide bonds. The van der Waals surface area contributed by atoms with Gasteiger partial charge in [0, 0.05) is 48.7 Å². The predicted octanol–water partition coefficient (Wildman–Crippen LogP) is 2.78. The SMILES string of the molecule is COc1c(C)cnc(CN2CCCC2c2cnn(C)c2)c1C. The molecule has 2 aromatic heterocycles. The molecule has 1 saturated heterocycles. The van der Waals surface area contributed by atoms with Crippen molar-refractivity contribution in [2.24, 2.45) is 7.05 Å². The van der Waals surface area contributed by atoms with E-state index in [1.165, 1.54) is 18.4 Å². The number of aryl methyl sites for hydroxylation is 2. The molecule has 0 aromatic carbocycles. The molecule has 22 heavy (non-hydrogen) atoms. The van der Waals surface area contributed by atoms with Crippen molar-refractivity contribution in [3.05, 3.63) is 41.0 Å². The summed E-state index contributed by atoms with van der Waals surface area (Å²) in [6.45, 7) is 6.11. The fraction of sp³-hybridized carbons (Fsp3) is 0.529. The lowest BCUT2D eigenvalue weighted by Gasteiger charge is -2.24. The van der Waals surface area contributed by atoms with Crippen LogP contribution in [0.15, 0.2) is 18.6 Å². The fourth-order valence-corrected chi connectivity index (χ4v) is 3.43. The molecule has 0 saturated carbocycles. The standard InChI is InChI=1S/C17H24N4O/c1-12-8-18-15(13(2)17(12)22-4)11-21-7-5-6-16(21)14-9-19-20(3)10-14/h8-10,16H,5-7,11H2,1-4H3. The van der Waals surface area contributed by atoms with Crippen molar-refractivity contribution < 1.29 is 4.74 Å². The summed E-state index contributed by atoms with van der Waals surface area (Å²) in [7, 11) is 3.70. The smallest absolute Gasteiger partial charge is 0.128 e. The quantitative estimate of drug-likeness (QED) is 0.871. The highest BCUT2D eigenvalue weighted by Crippen LogP contribution is 2.34. The van der Waals surface area contributed by atoms with Crippen molar-refractivity contribution >= 4 is 0 Å². The van der Waals surface area contributed by atoms with E-state index in [1.54, 1.807) is 7.11 Å². The molecule has 0 N–H and O–H groups in total. The van der Waals surface area contributed by atoms with Crippen LogP contribution in [-0.4, -0.2) is 33.3 Å². The average Bonchev–Trinajstić information content (AvgIpc) is 3.11. The van der Waals surface area contributed by atoms with E-state index >= 15 is 0 Å². The highest BCUT2D eigenvalue weighted by Gasteiger charge is 2.28. The van der Waals surface area contributed by atoms with Crippen molar-refractivity contribution in [2.75, 3.05) is 13.7 Å². The Labute approximate surface area is 131 Å². The summed E-state index contributed by atoms with van der Waals surface area (Å²) < 4.78 is 7.40. The molecule has 118 valence electrons. The van der Waals surface area contributed by atoms with Crippen LogP contribution in [0.5, 0.6) is 5.75 Å². The molecule has 3 heterocycles. The number of nitrogens with zero attached hydrogens (tertiary/aromatic N) is 4. The van der Waals surface area contributed by atoms with Gasteiger partial charge in [-0.2, -0.15) is 5.10 Å². The topological polar surface area (TPSA) is 43.2 Å². The van der Waals surface area contributed by atoms with E-state index in [0.717, 1.165) is 35.7 Å². The number of likely N-dealkylation sites (tertiary alicyclic amines) is 1. The molecule has 0 aliphatic carbocycles. The molecule has 0 spiro atoms. The van der Waals surface area contributed by atoms with Crippen molar-refractivity contribution in [3.63, 3.8) is 0 Å². The maximum absolute atomic E-state index is 5.52. The van der Waals surface area contributed by atoms with Gasteiger partial charge in [0.05, 0.1) is 19.0 Å². The highest BCUT2D eigenvalue weighted by atomic mass is 16.5. The zero-order valence-electron chi connectivity index (χ0n) is 13.8. The number of ether oxygens (including phenoxy) is 1. The summed E-state index contributed by atoms with van der Waals surface area (Å²) in [5.74, 6) is 0.960. The van der Waals surface area contributed by atoms with E-state index in [2.05, 4.69) is 28.1 Å².